The first-order chi connectivity index (χ1) is 10.2. The molecule has 0 saturated heterocycles. The fraction of sp³-hybridized carbons (Fsp3) is 0.684. The summed E-state index contributed by atoms with van der Waals surface area (Å²) in [7, 11) is 2.29. The molecule has 0 heterocycles. The summed E-state index contributed by atoms with van der Waals surface area (Å²) in [5.74, 6) is 0. The highest BCUT2D eigenvalue weighted by molar-refractivity contribution is 5.36. The Labute approximate surface area is 129 Å². The Morgan fingerprint density at radius 3 is 2.71 bits per heavy atom. The van der Waals surface area contributed by atoms with E-state index in [9.17, 15) is 0 Å². The van der Waals surface area contributed by atoms with E-state index in [0.717, 1.165) is 12.6 Å². The normalized spacial score (nSPS) is 20.1. The maximum absolute atomic E-state index is 3.70. The molecule has 0 aliphatic heterocycles. The van der Waals surface area contributed by atoms with Gasteiger partial charge in [-0.3, -0.25) is 0 Å². The highest BCUT2D eigenvalue weighted by Gasteiger charge is 2.19. The van der Waals surface area contributed by atoms with Gasteiger partial charge in [-0.1, -0.05) is 31.0 Å². The molecule has 0 amide bonds. The number of aryl methyl sites for hydroxylation is 2. The Hall–Kier alpha value is -0.860. The van der Waals surface area contributed by atoms with Crippen molar-refractivity contribution in [2.24, 2.45) is 0 Å². The van der Waals surface area contributed by atoms with E-state index >= 15 is 0 Å². The van der Waals surface area contributed by atoms with Gasteiger partial charge in [-0.25, -0.2) is 0 Å². The largest absolute Gasteiger partial charge is 0.309 e. The van der Waals surface area contributed by atoms with Crippen molar-refractivity contribution in [3.05, 3.63) is 34.9 Å². The van der Waals surface area contributed by atoms with Crippen LogP contribution in [0.25, 0.3) is 0 Å². The zero-order valence-electron chi connectivity index (χ0n) is 13.7. The van der Waals surface area contributed by atoms with Crippen LogP contribution in [-0.4, -0.2) is 31.1 Å². The van der Waals surface area contributed by atoms with E-state index < -0.39 is 0 Å². The van der Waals surface area contributed by atoms with E-state index in [1.165, 1.54) is 57.1 Å². The minimum absolute atomic E-state index is 0.466. The monoisotopic (exact) mass is 286 g/mol. The predicted molar refractivity (Wildman–Crippen MR) is 89.8 cm³/mol. The average molecular weight is 286 g/mol. The zero-order valence-corrected chi connectivity index (χ0v) is 13.7. The van der Waals surface area contributed by atoms with Crippen LogP contribution in [-0.2, 0) is 12.8 Å². The first kappa shape index (κ1) is 15.1. The van der Waals surface area contributed by atoms with Crippen molar-refractivity contribution >= 4 is 0 Å². The van der Waals surface area contributed by atoms with Crippen molar-refractivity contribution in [3.63, 3.8) is 0 Å². The van der Waals surface area contributed by atoms with Crippen LogP contribution in [0.1, 0.15) is 61.8 Å². The van der Waals surface area contributed by atoms with Gasteiger partial charge in [0.25, 0.3) is 0 Å². The molecule has 1 unspecified atom stereocenters. The number of fused-ring (bicyclic) bond motifs is 1. The molecule has 1 N–H and O–H groups in total. The topological polar surface area (TPSA) is 15.3 Å². The minimum atomic E-state index is 0.466. The molecule has 2 nitrogen and oxygen atoms in total. The van der Waals surface area contributed by atoms with Crippen LogP contribution in [0.5, 0.6) is 0 Å². The molecule has 1 aromatic rings. The van der Waals surface area contributed by atoms with Crippen LogP contribution in [0.3, 0.4) is 0 Å². The van der Waals surface area contributed by atoms with Gasteiger partial charge in [-0.2, -0.15) is 0 Å². The number of nitrogens with one attached hydrogen (secondary N) is 1. The Kier molecular flexibility index (Phi) is 4.97. The third-order valence-electron chi connectivity index (χ3n) is 5.49. The van der Waals surface area contributed by atoms with Gasteiger partial charge in [-0.15, -0.1) is 0 Å². The van der Waals surface area contributed by atoms with Crippen LogP contribution < -0.4 is 5.32 Å². The molecular weight excluding hydrogens is 256 g/mol. The van der Waals surface area contributed by atoms with Gasteiger partial charge in [0, 0.05) is 25.2 Å². The lowest BCUT2D eigenvalue weighted by atomic mass is 10.0. The van der Waals surface area contributed by atoms with Gasteiger partial charge >= 0.3 is 0 Å². The summed E-state index contributed by atoms with van der Waals surface area (Å²) < 4.78 is 0. The first-order valence-electron chi connectivity index (χ1n) is 8.79. The van der Waals surface area contributed by atoms with Crippen molar-refractivity contribution in [2.45, 2.75) is 64.0 Å². The van der Waals surface area contributed by atoms with Crippen LogP contribution >= 0.6 is 0 Å². The van der Waals surface area contributed by atoms with Gasteiger partial charge in [0.1, 0.15) is 0 Å². The smallest absolute Gasteiger partial charge is 0.0292 e. The van der Waals surface area contributed by atoms with E-state index in [0.29, 0.717) is 6.04 Å². The van der Waals surface area contributed by atoms with Gasteiger partial charge in [0.05, 0.1) is 0 Å². The standard InChI is InChI=1S/C19H30N2/c1-15(17-11-10-16-6-5-7-18(16)14-17)20-12-13-21(2)19-8-3-4-9-19/h10-11,14-15,19-20H,3-9,12-13H2,1-2H3. The lowest BCUT2D eigenvalue weighted by Crippen LogP contribution is -2.36. The second kappa shape index (κ2) is 6.93. The highest BCUT2D eigenvalue weighted by Crippen LogP contribution is 2.25. The summed E-state index contributed by atoms with van der Waals surface area (Å²) in [4.78, 5) is 2.55. The van der Waals surface area contributed by atoms with E-state index in [1.807, 2.05) is 0 Å². The van der Waals surface area contributed by atoms with Gasteiger partial charge in [-0.05, 0) is 62.8 Å². The quantitative estimate of drug-likeness (QED) is 0.858. The molecular formula is C19H30N2. The summed E-state index contributed by atoms with van der Waals surface area (Å²) in [5.41, 5.74) is 4.62. The summed E-state index contributed by atoms with van der Waals surface area (Å²) in [5, 5.41) is 3.70. The van der Waals surface area contributed by atoms with E-state index in [4.69, 9.17) is 0 Å². The lowest BCUT2D eigenvalue weighted by molar-refractivity contribution is 0.243. The number of rotatable bonds is 6. The molecule has 1 aromatic carbocycles. The molecule has 116 valence electrons. The maximum atomic E-state index is 3.70. The molecule has 1 atom stereocenters. The van der Waals surface area contributed by atoms with Crippen molar-refractivity contribution in [1.29, 1.82) is 0 Å². The second-order valence-electron chi connectivity index (χ2n) is 6.98. The van der Waals surface area contributed by atoms with Crippen LogP contribution in [0.2, 0.25) is 0 Å². The Bertz CT molecular complexity index is 463. The van der Waals surface area contributed by atoms with Crippen molar-refractivity contribution in [2.75, 3.05) is 20.1 Å². The number of nitrogens with zero attached hydrogens (tertiary/aromatic N) is 1. The fourth-order valence-corrected chi connectivity index (χ4v) is 3.96. The number of benzene rings is 1. The van der Waals surface area contributed by atoms with Gasteiger partial charge < -0.3 is 10.2 Å². The number of hydrogen-bond acceptors (Lipinski definition) is 2. The van der Waals surface area contributed by atoms with Crippen LogP contribution in [0.15, 0.2) is 18.2 Å². The van der Waals surface area contributed by atoms with E-state index in [2.05, 4.69) is 42.4 Å². The summed E-state index contributed by atoms with van der Waals surface area (Å²) in [6.07, 6.45) is 9.55. The highest BCUT2D eigenvalue weighted by atomic mass is 15.1. The summed E-state index contributed by atoms with van der Waals surface area (Å²) in [6.45, 7) is 4.55. The summed E-state index contributed by atoms with van der Waals surface area (Å²) in [6, 6.07) is 8.40. The molecule has 0 bridgehead atoms. The molecule has 2 aliphatic rings. The molecule has 2 heteroatoms. The molecule has 0 spiro atoms. The number of hydrogen-bond donors (Lipinski definition) is 1. The molecule has 1 saturated carbocycles. The predicted octanol–water partition coefficient (Wildman–Crippen LogP) is 3.70. The number of likely N-dealkylation sites (N-methyl/N-ethyl adjacent to an activating group) is 1. The SMILES string of the molecule is CC(NCCN(C)C1CCCC1)c1ccc2c(c1)CCC2. The third-order valence-corrected chi connectivity index (χ3v) is 5.49. The average Bonchev–Trinajstić information content (AvgIpc) is 3.17. The fourth-order valence-electron chi connectivity index (χ4n) is 3.96. The van der Waals surface area contributed by atoms with E-state index in [1.54, 1.807) is 11.1 Å². The van der Waals surface area contributed by atoms with E-state index in [-0.39, 0.29) is 0 Å². The molecule has 3 rings (SSSR count). The Morgan fingerprint density at radius 1 is 1.14 bits per heavy atom. The molecule has 2 aliphatic carbocycles. The van der Waals surface area contributed by atoms with Gasteiger partial charge in [0.15, 0.2) is 0 Å². The van der Waals surface area contributed by atoms with Crippen molar-refractivity contribution < 1.29 is 0 Å². The minimum Gasteiger partial charge on any atom is -0.309 e. The maximum Gasteiger partial charge on any atom is 0.0292 e. The van der Waals surface area contributed by atoms with Gasteiger partial charge in [0.2, 0.25) is 0 Å². The van der Waals surface area contributed by atoms with Crippen molar-refractivity contribution in [3.8, 4) is 0 Å². The Morgan fingerprint density at radius 2 is 1.90 bits per heavy atom. The molecule has 0 aromatic heterocycles. The van der Waals surface area contributed by atoms with Crippen LogP contribution in [0, 0.1) is 0 Å². The first-order valence-corrected chi connectivity index (χ1v) is 8.79. The molecule has 21 heavy (non-hydrogen) atoms. The Balaban J connectivity index is 1.46. The molecule has 0 radical (unpaired) electrons. The van der Waals surface area contributed by atoms with Crippen LogP contribution in [0.4, 0.5) is 0 Å². The van der Waals surface area contributed by atoms with Crippen molar-refractivity contribution in [1.82, 2.24) is 10.2 Å². The second-order valence-corrected chi connectivity index (χ2v) is 6.98. The summed E-state index contributed by atoms with van der Waals surface area (Å²) >= 11 is 0. The zero-order chi connectivity index (χ0) is 14.7. The lowest BCUT2D eigenvalue weighted by Gasteiger charge is -2.25. The third kappa shape index (κ3) is 3.67. The molecule has 1 fully saturated rings.